The van der Waals surface area contributed by atoms with Crippen molar-refractivity contribution in [2.24, 2.45) is 0 Å². The van der Waals surface area contributed by atoms with E-state index in [2.05, 4.69) is 10.7 Å². The van der Waals surface area contributed by atoms with Gasteiger partial charge in [-0.3, -0.25) is 5.01 Å². The zero-order valence-corrected chi connectivity index (χ0v) is 15.6. The molecule has 1 atom stereocenters. The van der Waals surface area contributed by atoms with Crippen molar-refractivity contribution >= 4 is 46.7 Å². The molecular formula is C16H17ClFN3O2S2. The molecule has 3 rings (SSSR count). The van der Waals surface area contributed by atoms with E-state index in [1.165, 1.54) is 6.07 Å². The predicted octanol–water partition coefficient (Wildman–Crippen LogP) is 3.53. The van der Waals surface area contributed by atoms with Crippen LogP contribution in [0.2, 0.25) is 0 Å². The quantitative estimate of drug-likeness (QED) is 0.529. The second kappa shape index (κ2) is 7.49. The summed E-state index contributed by atoms with van der Waals surface area (Å²) in [4.78, 5) is 11.4. The summed E-state index contributed by atoms with van der Waals surface area (Å²) in [6.45, 7) is 1.57. The monoisotopic (exact) mass is 401 g/mol. The SMILES string of the molecule is O=C(O)c1ccccc1C1(Cl)CC(F)=C(NC(=S)N2CCCCN2)S1. The van der Waals surface area contributed by atoms with Gasteiger partial charge in [-0.1, -0.05) is 30.0 Å². The molecule has 0 radical (unpaired) electrons. The molecule has 2 aliphatic rings. The zero-order chi connectivity index (χ0) is 18.0. The van der Waals surface area contributed by atoms with Gasteiger partial charge in [-0.2, -0.15) is 0 Å². The summed E-state index contributed by atoms with van der Waals surface area (Å²) in [6, 6.07) is 6.39. The number of thiocarbonyl (C=S) groups is 1. The second-order valence-electron chi connectivity index (χ2n) is 5.79. The maximum Gasteiger partial charge on any atom is 0.336 e. The van der Waals surface area contributed by atoms with E-state index in [0.717, 1.165) is 37.7 Å². The summed E-state index contributed by atoms with van der Waals surface area (Å²) < 4.78 is 13.3. The fraction of sp³-hybridized carbons (Fsp3) is 0.375. The Hall–Kier alpha value is -1.35. The van der Waals surface area contributed by atoms with Crippen molar-refractivity contribution in [1.82, 2.24) is 15.8 Å². The number of nitrogens with zero attached hydrogens (tertiary/aromatic N) is 1. The molecule has 1 fully saturated rings. The molecule has 0 aromatic heterocycles. The lowest BCUT2D eigenvalue weighted by molar-refractivity contribution is 0.0695. The predicted molar refractivity (Wildman–Crippen MR) is 101 cm³/mol. The molecule has 2 aliphatic heterocycles. The van der Waals surface area contributed by atoms with Crippen LogP contribution in [0.5, 0.6) is 0 Å². The van der Waals surface area contributed by atoms with Gasteiger partial charge in [0.25, 0.3) is 0 Å². The molecule has 3 N–H and O–H groups in total. The summed E-state index contributed by atoms with van der Waals surface area (Å²) in [5.41, 5.74) is 3.60. The Morgan fingerprint density at radius 3 is 2.88 bits per heavy atom. The van der Waals surface area contributed by atoms with Crippen molar-refractivity contribution in [1.29, 1.82) is 0 Å². The Kier molecular flexibility index (Phi) is 5.52. The van der Waals surface area contributed by atoms with Crippen molar-refractivity contribution in [3.05, 3.63) is 46.2 Å². The van der Waals surface area contributed by atoms with Gasteiger partial charge < -0.3 is 10.4 Å². The molecule has 0 spiro atoms. The van der Waals surface area contributed by atoms with Gasteiger partial charge in [-0.15, -0.1) is 11.6 Å². The van der Waals surface area contributed by atoms with Crippen molar-refractivity contribution < 1.29 is 14.3 Å². The number of hydrogen-bond acceptors (Lipinski definition) is 4. The first-order valence-electron chi connectivity index (χ1n) is 7.82. The molecule has 1 saturated heterocycles. The smallest absolute Gasteiger partial charge is 0.336 e. The molecule has 0 bridgehead atoms. The molecule has 134 valence electrons. The minimum atomic E-state index is -1.22. The van der Waals surface area contributed by atoms with Gasteiger partial charge >= 0.3 is 5.97 Å². The molecule has 1 aromatic carbocycles. The van der Waals surface area contributed by atoms with Crippen molar-refractivity contribution in [2.45, 2.75) is 23.5 Å². The molecule has 0 amide bonds. The van der Waals surface area contributed by atoms with E-state index in [-0.39, 0.29) is 17.0 Å². The minimum Gasteiger partial charge on any atom is -0.478 e. The van der Waals surface area contributed by atoms with Crippen LogP contribution in [-0.2, 0) is 4.21 Å². The Morgan fingerprint density at radius 2 is 2.20 bits per heavy atom. The minimum absolute atomic E-state index is 0.0688. The van der Waals surface area contributed by atoms with Gasteiger partial charge in [0.05, 0.1) is 5.56 Å². The molecule has 1 aromatic rings. The number of halogens is 2. The maximum absolute atomic E-state index is 14.5. The number of hydrogen-bond donors (Lipinski definition) is 3. The van der Waals surface area contributed by atoms with Crippen LogP contribution in [0.3, 0.4) is 0 Å². The average Bonchev–Trinajstić information content (AvgIpc) is 2.90. The van der Waals surface area contributed by atoms with E-state index in [9.17, 15) is 14.3 Å². The van der Waals surface area contributed by atoms with Crippen LogP contribution in [-0.4, -0.2) is 34.3 Å². The van der Waals surface area contributed by atoms with Gasteiger partial charge in [0.15, 0.2) is 5.11 Å². The van der Waals surface area contributed by atoms with Gasteiger partial charge in [0.2, 0.25) is 0 Å². The Labute approximate surface area is 159 Å². The number of carbonyl (C=O) groups is 1. The lowest BCUT2D eigenvalue weighted by Gasteiger charge is -2.30. The number of aromatic carboxylic acids is 1. The number of benzene rings is 1. The number of carboxylic acids is 1. The number of alkyl halides is 1. The van der Waals surface area contributed by atoms with Gasteiger partial charge in [0, 0.05) is 19.5 Å². The van der Waals surface area contributed by atoms with Gasteiger partial charge in [-0.25, -0.2) is 14.6 Å². The van der Waals surface area contributed by atoms with Crippen LogP contribution in [0.1, 0.15) is 35.2 Å². The molecule has 5 nitrogen and oxygen atoms in total. The highest BCUT2D eigenvalue weighted by molar-refractivity contribution is 8.05. The van der Waals surface area contributed by atoms with E-state index < -0.39 is 16.0 Å². The Bertz CT molecular complexity index is 740. The Balaban J connectivity index is 1.76. The number of carboxylic acid groups (broad SMARTS) is 1. The zero-order valence-electron chi connectivity index (χ0n) is 13.2. The van der Waals surface area contributed by atoms with E-state index in [4.69, 9.17) is 23.8 Å². The summed E-state index contributed by atoms with van der Waals surface area (Å²) in [7, 11) is 0. The summed E-state index contributed by atoms with van der Waals surface area (Å²) >= 11 is 13.0. The molecular weight excluding hydrogens is 385 g/mol. The van der Waals surface area contributed by atoms with Crippen LogP contribution >= 0.6 is 35.6 Å². The number of hydrazine groups is 1. The van der Waals surface area contributed by atoms with Crippen LogP contribution in [0.15, 0.2) is 35.1 Å². The van der Waals surface area contributed by atoms with E-state index in [1.54, 1.807) is 23.2 Å². The van der Waals surface area contributed by atoms with E-state index in [0.29, 0.717) is 10.7 Å². The standard InChI is InChI=1S/C16H17ClFN3O2S2/c17-16(11-6-2-1-5-10(11)14(22)23)9-12(18)13(25-16)20-15(24)21-8-4-3-7-19-21/h1-2,5-6,19H,3-4,7-9H2,(H,20,24)(H,22,23). The topological polar surface area (TPSA) is 64.6 Å². The first-order valence-corrected chi connectivity index (χ1v) is 9.42. The summed E-state index contributed by atoms with van der Waals surface area (Å²) in [6.07, 6.45) is 1.97. The van der Waals surface area contributed by atoms with Crippen LogP contribution in [0, 0.1) is 0 Å². The molecule has 9 heteroatoms. The van der Waals surface area contributed by atoms with Crippen LogP contribution in [0.25, 0.3) is 0 Å². The van der Waals surface area contributed by atoms with Crippen molar-refractivity contribution in [2.75, 3.05) is 13.1 Å². The highest BCUT2D eigenvalue weighted by Crippen LogP contribution is 2.55. The number of nitrogens with one attached hydrogen (secondary N) is 2. The third-order valence-electron chi connectivity index (χ3n) is 4.03. The fourth-order valence-electron chi connectivity index (χ4n) is 2.80. The highest BCUT2D eigenvalue weighted by atomic mass is 35.5. The molecule has 0 saturated carbocycles. The lowest BCUT2D eigenvalue weighted by Crippen LogP contribution is -2.50. The third-order valence-corrected chi connectivity index (χ3v) is 6.14. The number of allylic oxidation sites excluding steroid dienone is 1. The average molecular weight is 402 g/mol. The molecule has 0 aliphatic carbocycles. The van der Waals surface area contributed by atoms with E-state index >= 15 is 0 Å². The highest BCUT2D eigenvalue weighted by Gasteiger charge is 2.43. The normalized spacial score (nSPS) is 23.7. The largest absolute Gasteiger partial charge is 0.478 e. The summed E-state index contributed by atoms with van der Waals surface area (Å²) in [5.74, 6) is -1.52. The van der Waals surface area contributed by atoms with Crippen LogP contribution < -0.4 is 10.7 Å². The molecule has 1 unspecified atom stereocenters. The molecule has 2 heterocycles. The second-order valence-corrected chi connectivity index (χ2v) is 8.35. The lowest BCUT2D eigenvalue weighted by atomic mass is 10.0. The van der Waals surface area contributed by atoms with E-state index in [1.807, 2.05) is 0 Å². The maximum atomic E-state index is 14.5. The van der Waals surface area contributed by atoms with Gasteiger partial charge in [-0.05, 0) is 36.7 Å². The number of thioether (sulfide) groups is 1. The summed E-state index contributed by atoms with van der Waals surface area (Å²) in [5, 5.41) is 14.6. The van der Waals surface area contributed by atoms with Crippen molar-refractivity contribution in [3.8, 4) is 0 Å². The van der Waals surface area contributed by atoms with Gasteiger partial charge in [0.1, 0.15) is 15.1 Å². The Morgan fingerprint density at radius 1 is 1.44 bits per heavy atom. The molecule has 25 heavy (non-hydrogen) atoms. The first kappa shape index (κ1) is 18.4. The fourth-order valence-corrected chi connectivity index (χ4v) is 4.77. The van der Waals surface area contributed by atoms with Crippen molar-refractivity contribution in [3.63, 3.8) is 0 Å². The first-order chi connectivity index (χ1) is 11.9. The van der Waals surface area contributed by atoms with Crippen LogP contribution in [0.4, 0.5) is 4.39 Å². The third kappa shape index (κ3) is 3.92. The number of rotatable bonds is 3.